The van der Waals surface area contributed by atoms with E-state index in [4.69, 9.17) is 4.52 Å². The van der Waals surface area contributed by atoms with Gasteiger partial charge in [0, 0.05) is 26.2 Å². The van der Waals surface area contributed by atoms with Crippen LogP contribution >= 0.6 is 0 Å². The minimum Gasteiger partial charge on any atom is -0.361 e. The molecule has 0 aliphatic heterocycles. The van der Waals surface area contributed by atoms with Crippen molar-refractivity contribution in [3.05, 3.63) is 52.9 Å². The van der Waals surface area contributed by atoms with Crippen LogP contribution in [0.5, 0.6) is 0 Å². The van der Waals surface area contributed by atoms with E-state index in [2.05, 4.69) is 27.6 Å². The number of guanidine groups is 1. The molecule has 0 unspecified atom stereocenters. The van der Waals surface area contributed by atoms with Crippen molar-refractivity contribution in [1.82, 2.24) is 15.4 Å². The maximum absolute atomic E-state index is 5.19. The molecule has 0 aliphatic carbocycles. The molecular formula is C17H24N4O. The molecule has 1 heterocycles. The van der Waals surface area contributed by atoms with E-state index in [0.29, 0.717) is 6.54 Å². The van der Waals surface area contributed by atoms with Crippen molar-refractivity contribution in [1.29, 1.82) is 0 Å². The lowest BCUT2D eigenvalue weighted by Gasteiger charge is -2.17. The monoisotopic (exact) mass is 300 g/mol. The molecule has 1 aromatic carbocycles. The number of aryl methyl sites for hydroxylation is 2. The number of aliphatic imine (C=N–C) groups is 1. The molecule has 0 spiro atoms. The van der Waals surface area contributed by atoms with Gasteiger partial charge in [0.2, 0.25) is 0 Å². The van der Waals surface area contributed by atoms with Crippen LogP contribution in [-0.2, 0) is 13.0 Å². The van der Waals surface area contributed by atoms with Gasteiger partial charge in [0.1, 0.15) is 5.76 Å². The molecule has 0 fully saturated rings. The van der Waals surface area contributed by atoms with Gasteiger partial charge >= 0.3 is 0 Å². The lowest BCUT2D eigenvalue weighted by molar-refractivity contribution is 0.392. The van der Waals surface area contributed by atoms with Crippen molar-refractivity contribution >= 4 is 5.96 Å². The first-order chi connectivity index (χ1) is 10.6. The molecule has 22 heavy (non-hydrogen) atoms. The Bertz CT molecular complexity index is 597. The molecule has 0 aliphatic rings. The van der Waals surface area contributed by atoms with Crippen molar-refractivity contribution in [2.24, 2.45) is 4.99 Å². The van der Waals surface area contributed by atoms with Gasteiger partial charge < -0.3 is 14.7 Å². The molecular weight excluding hydrogens is 276 g/mol. The molecule has 118 valence electrons. The van der Waals surface area contributed by atoms with E-state index in [1.165, 1.54) is 11.1 Å². The summed E-state index contributed by atoms with van der Waals surface area (Å²) in [5, 5.41) is 7.37. The molecule has 2 rings (SSSR count). The van der Waals surface area contributed by atoms with Gasteiger partial charge in [0.05, 0.1) is 12.2 Å². The van der Waals surface area contributed by atoms with E-state index >= 15 is 0 Å². The number of hydrogen-bond acceptors (Lipinski definition) is 3. The molecule has 1 aromatic heterocycles. The second kappa shape index (κ2) is 7.64. The van der Waals surface area contributed by atoms with Crippen molar-refractivity contribution in [2.45, 2.75) is 26.8 Å². The summed E-state index contributed by atoms with van der Waals surface area (Å²) in [6.45, 7) is 5.40. The maximum Gasteiger partial charge on any atom is 0.193 e. The summed E-state index contributed by atoms with van der Waals surface area (Å²) >= 11 is 0. The van der Waals surface area contributed by atoms with Crippen molar-refractivity contribution in [2.75, 3.05) is 20.6 Å². The van der Waals surface area contributed by atoms with Gasteiger partial charge in [-0.25, -0.2) is 4.99 Å². The normalized spacial score (nSPS) is 11.5. The molecule has 0 amide bonds. The van der Waals surface area contributed by atoms with E-state index in [-0.39, 0.29) is 0 Å². The predicted molar refractivity (Wildman–Crippen MR) is 89.0 cm³/mol. The van der Waals surface area contributed by atoms with Gasteiger partial charge in [-0.2, -0.15) is 0 Å². The zero-order valence-corrected chi connectivity index (χ0v) is 13.8. The Labute approximate surface area is 132 Å². The van der Waals surface area contributed by atoms with Crippen LogP contribution in [0.4, 0.5) is 0 Å². The highest BCUT2D eigenvalue weighted by atomic mass is 16.5. The summed E-state index contributed by atoms with van der Waals surface area (Å²) in [6, 6.07) is 10.2. The molecule has 2 aromatic rings. The molecule has 1 N–H and O–H groups in total. The number of rotatable bonds is 5. The lowest BCUT2D eigenvalue weighted by Crippen LogP contribution is -2.37. The van der Waals surface area contributed by atoms with Gasteiger partial charge in [0.15, 0.2) is 5.96 Å². The summed E-state index contributed by atoms with van der Waals surface area (Å²) < 4.78 is 5.19. The topological polar surface area (TPSA) is 53.7 Å². The van der Waals surface area contributed by atoms with Gasteiger partial charge in [-0.3, -0.25) is 0 Å². The van der Waals surface area contributed by atoms with Crippen LogP contribution in [0.3, 0.4) is 0 Å². The first kappa shape index (κ1) is 16.1. The molecule has 0 saturated carbocycles. The van der Waals surface area contributed by atoms with Crippen LogP contribution in [0.25, 0.3) is 0 Å². The third kappa shape index (κ3) is 4.35. The Hall–Kier alpha value is -2.30. The maximum atomic E-state index is 5.19. The third-order valence-corrected chi connectivity index (χ3v) is 3.52. The summed E-state index contributed by atoms with van der Waals surface area (Å²) in [5.74, 6) is 1.78. The Morgan fingerprint density at radius 3 is 2.55 bits per heavy atom. The predicted octanol–water partition coefficient (Wildman–Crippen LogP) is 2.54. The fourth-order valence-corrected chi connectivity index (χ4v) is 2.26. The highest BCUT2D eigenvalue weighted by molar-refractivity contribution is 5.79. The summed E-state index contributed by atoms with van der Waals surface area (Å²) in [6.07, 6.45) is 0.874. The summed E-state index contributed by atoms with van der Waals surface area (Å²) in [7, 11) is 3.99. The zero-order chi connectivity index (χ0) is 15.9. The van der Waals surface area contributed by atoms with E-state index in [1.807, 2.05) is 51.0 Å². The molecule has 0 saturated heterocycles. The largest absolute Gasteiger partial charge is 0.361 e. The van der Waals surface area contributed by atoms with Gasteiger partial charge in [-0.15, -0.1) is 0 Å². The Kier molecular flexibility index (Phi) is 5.58. The standard InChI is InChI=1S/C17H24N4O/c1-13-16(14(2)22-20-13)10-11-18-17(21(3)4)19-12-15-8-6-5-7-9-15/h5-9H,10-12H2,1-4H3,(H,18,19). The average molecular weight is 300 g/mol. The molecule has 0 bridgehead atoms. The van der Waals surface area contributed by atoms with Gasteiger partial charge in [0.25, 0.3) is 0 Å². The quantitative estimate of drug-likeness (QED) is 0.681. The number of nitrogens with one attached hydrogen (secondary N) is 1. The number of benzene rings is 1. The molecule has 0 atom stereocenters. The SMILES string of the molecule is Cc1noc(C)c1CCNC(=NCc1ccccc1)N(C)C. The zero-order valence-electron chi connectivity index (χ0n) is 13.8. The number of hydrogen-bond donors (Lipinski definition) is 1. The van der Waals surface area contributed by atoms with Crippen molar-refractivity contribution in [3.8, 4) is 0 Å². The van der Waals surface area contributed by atoms with Crippen LogP contribution < -0.4 is 5.32 Å². The number of aromatic nitrogens is 1. The highest BCUT2D eigenvalue weighted by Gasteiger charge is 2.09. The van der Waals surface area contributed by atoms with E-state index in [9.17, 15) is 0 Å². The first-order valence-electron chi connectivity index (χ1n) is 7.49. The molecule has 0 radical (unpaired) electrons. The fourth-order valence-electron chi connectivity index (χ4n) is 2.26. The highest BCUT2D eigenvalue weighted by Crippen LogP contribution is 2.12. The minimum absolute atomic E-state index is 0.673. The van der Waals surface area contributed by atoms with Crippen molar-refractivity contribution in [3.63, 3.8) is 0 Å². The molecule has 5 heteroatoms. The van der Waals surface area contributed by atoms with Crippen LogP contribution in [0.1, 0.15) is 22.6 Å². The first-order valence-corrected chi connectivity index (χ1v) is 7.49. The van der Waals surface area contributed by atoms with Crippen molar-refractivity contribution < 1.29 is 4.52 Å². The van der Waals surface area contributed by atoms with Gasteiger partial charge in [-0.1, -0.05) is 35.5 Å². The van der Waals surface area contributed by atoms with Crippen LogP contribution in [0.15, 0.2) is 39.8 Å². The second-order valence-electron chi connectivity index (χ2n) is 5.50. The van der Waals surface area contributed by atoms with E-state index < -0.39 is 0 Å². The second-order valence-corrected chi connectivity index (χ2v) is 5.50. The van der Waals surface area contributed by atoms with Crippen LogP contribution in [-0.4, -0.2) is 36.7 Å². The van der Waals surface area contributed by atoms with E-state index in [0.717, 1.165) is 30.4 Å². The minimum atomic E-state index is 0.673. The Morgan fingerprint density at radius 2 is 1.95 bits per heavy atom. The fraction of sp³-hybridized carbons (Fsp3) is 0.412. The molecule has 5 nitrogen and oxygen atoms in total. The smallest absolute Gasteiger partial charge is 0.193 e. The summed E-state index contributed by atoms with van der Waals surface area (Å²) in [4.78, 5) is 6.65. The third-order valence-electron chi connectivity index (χ3n) is 3.52. The lowest BCUT2D eigenvalue weighted by atomic mass is 10.1. The van der Waals surface area contributed by atoms with Crippen LogP contribution in [0.2, 0.25) is 0 Å². The Balaban J connectivity index is 1.92. The Morgan fingerprint density at radius 1 is 1.23 bits per heavy atom. The summed E-state index contributed by atoms with van der Waals surface area (Å²) in [5.41, 5.74) is 3.34. The van der Waals surface area contributed by atoms with Gasteiger partial charge in [-0.05, 0) is 25.8 Å². The van der Waals surface area contributed by atoms with Crippen LogP contribution in [0, 0.1) is 13.8 Å². The van der Waals surface area contributed by atoms with E-state index in [1.54, 1.807) is 0 Å². The number of nitrogens with zero attached hydrogens (tertiary/aromatic N) is 3. The average Bonchev–Trinajstić information content (AvgIpc) is 2.83.